The second-order valence-corrected chi connectivity index (χ2v) is 3.27. The fraction of sp³-hybridized carbons (Fsp3) is 0.0909. The molecule has 0 aromatic heterocycles. The zero-order valence-electron chi connectivity index (χ0n) is 8.28. The largest absolute Gasteiger partial charge is 0.409 e. The molecule has 0 unspecified atom stereocenters. The highest BCUT2D eigenvalue weighted by atomic mass is 16.4. The van der Waals surface area contributed by atoms with Gasteiger partial charge in [-0.05, 0) is 13.0 Å². The molecular weight excluding hydrogens is 190 g/mol. The molecule has 4 N–H and O–H groups in total. The molecule has 1 heterocycles. The maximum atomic E-state index is 8.66. The van der Waals surface area contributed by atoms with E-state index in [1.54, 1.807) is 12.3 Å². The third-order valence-corrected chi connectivity index (χ3v) is 2.36. The van der Waals surface area contributed by atoms with Gasteiger partial charge in [-0.3, -0.25) is 0 Å². The van der Waals surface area contributed by atoms with Gasteiger partial charge in [-0.2, -0.15) is 0 Å². The predicted octanol–water partition coefficient (Wildman–Crippen LogP) is 1.72. The third-order valence-electron chi connectivity index (χ3n) is 2.36. The molecule has 0 aliphatic carbocycles. The minimum atomic E-state index is 0.0995. The summed E-state index contributed by atoms with van der Waals surface area (Å²) in [5, 5.41) is 14.7. The molecular formula is C11H11N3O. The highest BCUT2D eigenvalue weighted by Crippen LogP contribution is 2.29. The first-order chi connectivity index (χ1) is 7.24. The fourth-order valence-electron chi connectivity index (χ4n) is 1.58. The van der Waals surface area contributed by atoms with Crippen LogP contribution in [0, 0.1) is 0 Å². The van der Waals surface area contributed by atoms with Gasteiger partial charge in [0.1, 0.15) is 0 Å². The number of benzene rings is 1. The van der Waals surface area contributed by atoms with E-state index in [4.69, 9.17) is 10.9 Å². The van der Waals surface area contributed by atoms with Gasteiger partial charge in [0, 0.05) is 22.9 Å². The van der Waals surface area contributed by atoms with Crippen LogP contribution in [0.1, 0.15) is 18.1 Å². The van der Waals surface area contributed by atoms with Crippen LogP contribution >= 0.6 is 0 Å². The first-order valence-corrected chi connectivity index (χ1v) is 4.53. The minimum Gasteiger partial charge on any atom is -0.409 e. The Labute approximate surface area is 87.4 Å². The standard InChI is InChI=1S/C11H11N3O/c1-7-5-6-13-10-8(7)3-2-4-9(10)11(12)14-15/h2-4,6,13,15H,1H3,(H2,12,14). The van der Waals surface area contributed by atoms with E-state index in [9.17, 15) is 0 Å². The molecule has 0 fully saturated rings. The summed E-state index contributed by atoms with van der Waals surface area (Å²) in [4.78, 5) is 0. The Morgan fingerprint density at radius 3 is 3.07 bits per heavy atom. The number of nitrogens with two attached hydrogens (primary N) is 1. The first kappa shape index (κ1) is 9.37. The van der Waals surface area contributed by atoms with Crippen LogP contribution in [0.25, 0.3) is 5.57 Å². The van der Waals surface area contributed by atoms with E-state index in [1.807, 2.05) is 19.1 Å². The summed E-state index contributed by atoms with van der Waals surface area (Å²) in [5.74, 6) is 0.0995. The molecule has 0 amide bonds. The highest BCUT2D eigenvalue weighted by molar-refractivity contribution is 6.04. The lowest BCUT2D eigenvalue weighted by Gasteiger charge is -2.15. The number of nitrogens with zero attached hydrogens (tertiary/aromatic N) is 1. The zero-order valence-corrected chi connectivity index (χ0v) is 8.28. The third kappa shape index (κ3) is 1.47. The number of allylic oxidation sites excluding steroid dienone is 1. The number of para-hydroxylation sites is 1. The summed E-state index contributed by atoms with van der Waals surface area (Å²) in [5.41, 5.74) is 12.2. The molecule has 1 aromatic carbocycles. The lowest BCUT2D eigenvalue weighted by atomic mass is 9.99. The quantitative estimate of drug-likeness (QED) is 0.213. The number of rotatable bonds is 1. The Morgan fingerprint density at radius 2 is 2.33 bits per heavy atom. The van der Waals surface area contributed by atoms with Gasteiger partial charge in [0.2, 0.25) is 0 Å². The SMILES string of the molecule is CC1=C=CNc2c1cccc2/C(N)=N/O. The Kier molecular flexibility index (Phi) is 2.20. The molecule has 0 radical (unpaired) electrons. The van der Waals surface area contributed by atoms with Gasteiger partial charge in [-0.15, -0.1) is 0 Å². The second-order valence-electron chi connectivity index (χ2n) is 3.27. The van der Waals surface area contributed by atoms with Crippen molar-refractivity contribution in [2.24, 2.45) is 10.9 Å². The lowest BCUT2D eigenvalue weighted by Crippen LogP contribution is -2.16. The molecule has 4 heteroatoms. The summed E-state index contributed by atoms with van der Waals surface area (Å²) >= 11 is 0. The summed E-state index contributed by atoms with van der Waals surface area (Å²) in [6, 6.07) is 5.63. The van der Waals surface area contributed by atoms with Crippen LogP contribution in [0.4, 0.5) is 5.69 Å². The summed E-state index contributed by atoms with van der Waals surface area (Å²) < 4.78 is 0. The van der Waals surface area contributed by atoms with Crippen molar-refractivity contribution < 1.29 is 5.21 Å². The molecule has 1 aliphatic heterocycles. The predicted molar refractivity (Wildman–Crippen MR) is 59.7 cm³/mol. The van der Waals surface area contributed by atoms with Gasteiger partial charge >= 0.3 is 0 Å². The van der Waals surface area contributed by atoms with Crippen LogP contribution in [0.5, 0.6) is 0 Å². The van der Waals surface area contributed by atoms with E-state index < -0.39 is 0 Å². The number of hydrogen-bond acceptors (Lipinski definition) is 3. The second kappa shape index (κ2) is 3.52. The van der Waals surface area contributed by atoms with Gasteiger partial charge < -0.3 is 16.3 Å². The van der Waals surface area contributed by atoms with Crippen molar-refractivity contribution in [3.05, 3.63) is 41.3 Å². The molecule has 4 nitrogen and oxygen atoms in total. The smallest absolute Gasteiger partial charge is 0.172 e. The van der Waals surface area contributed by atoms with Crippen molar-refractivity contribution >= 4 is 17.1 Å². The molecule has 1 aromatic rings. The van der Waals surface area contributed by atoms with Gasteiger partial charge in [-0.1, -0.05) is 23.0 Å². The maximum Gasteiger partial charge on any atom is 0.172 e. The van der Waals surface area contributed by atoms with Crippen molar-refractivity contribution in [3.63, 3.8) is 0 Å². The van der Waals surface area contributed by atoms with Crippen molar-refractivity contribution in [3.8, 4) is 0 Å². The van der Waals surface area contributed by atoms with Gasteiger partial charge in [0.25, 0.3) is 0 Å². The summed E-state index contributed by atoms with van der Waals surface area (Å²) in [6.45, 7) is 1.96. The average Bonchev–Trinajstić information content (AvgIpc) is 2.28. The number of anilines is 1. The molecule has 76 valence electrons. The maximum absolute atomic E-state index is 8.66. The van der Waals surface area contributed by atoms with Crippen molar-refractivity contribution in [1.29, 1.82) is 0 Å². The van der Waals surface area contributed by atoms with E-state index in [0.29, 0.717) is 5.56 Å². The molecule has 0 saturated carbocycles. The van der Waals surface area contributed by atoms with Crippen LogP contribution in [-0.2, 0) is 0 Å². The van der Waals surface area contributed by atoms with Gasteiger partial charge in [0.05, 0.1) is 5.69 Å². The monoisotopic (exact) mass is 201 g/mol. The minimum absolute atomic E-state index is 0.0995. The molecule has 15 heavy (non-hydrogen) atoms. The molecule has 0 spiro atoms. The number of oxime groups is 1. The zero-order chi connectivity index (χ0) is 10.8. The lowest BCUT2D eigenvalue weighted by molar-refractivity contribution is 0.318. The number of nitrogens with one attached hydrogen (secondary N) is 1. The number of amidine groups is 1. The molecule has 0 atom stereocenters. The Balaban J connectivity index is 2.65. The fourth-order valence-corrected chi connectivity index (χ4v) is 1.58. The van der Waals surface area contributed by atoms with Gasteiger partial charge in [0.15, 0.2) is 5.84 Å². The molecule has 0 bridgehead atoms. The van der Waals surface area contributed by atoms with E-state index in [-0.39, 0.29) is 5.84 Å². The molecule has 1 aliphatic rings. The Bertz CT molecular complexity index is 497. The summed E-state index contributed by atoms with van der Waals surface area (Å²) in [6.07, 6.45) is 1.71. The summed E-state index contributed by atoms with van der Waals surface area (Å²) in [7, 11) is 0. The van der Waals surface area contributed by atoms with Crippen molar-refractivity contribution in [2.75, 3.05) is 5.32 Å². The van der Waals surface area contributed by atoms with Gasteiger partial charge in [-0.25, -0.2) is 0 Å². The number of fused-ring (bicyclic) bond motifs is 1. The molecule has 0 saturated heterocycles. The average molecular weight is 201 g/mol. The Morgan fingerprint density at radius 1 is 1.53 bits per heavy atom. The number of hydrogen-bond donors (Lipinski definition) is 3. The van der Waals surface area contributed by atoms with Crippen LogP contribution in [0.2, 0.25) is 0 Å². The van der Waals surface area contributed by atoms with E-state index in [0.717, 1.165) is 16.8 Å². The van der Waals surface area contributed by atoms with E-state index >= 15 is 0 Å². The Hall–Kier alpha value is -2.19. The van der Waals surface area contributed by atoms with Crippen LogP contribution in [0.15, 0.2) is 35.3 Å². The van der Waals surface area contributed by atoms with Crippen molar-refractivity contribution in [1.82, 2.24) is 0 Å². The highest BCUT2D eigenvalue weighted by Gasteiger charge is 2.13. The van der Waals surface area contributed by atoms with Crippen LogP contribution in [0.3, 0.4) is 0 Å². The van der Waals surface area contributed by atoms with Crippen LogP contribution < -0.4 is 11.1 Å². The normalized spacial score (nSPS) is 14.2. The van der Waals surface area contributed by atoms with E-state index in [1.165, 1.54) is 0 Å². The molecule has 2 rings (SSSR count). The van der Waals surface area contributed by atoms with E-state index in [2.05, 4.69) is 16.2 Å². The topological polar surface area (TPSA) is 70.6 Å². The van der Waals surface area contributed by atoms with Crippen LogP contribution in [-0.4, -0.2) is 11.0 Å². The first-order valence-electron chi connectivity index (χ1n) is 4.53. The van der Waals surface area contributed by atoms with Crippen molar-refractivity contribution in [2.45, 2.75) is 6.92 Å².